The minimum absolute atomic E-state index is 0.0142. The van der Waals surface area contributed by atoms with Crippen LogP contribution in [0.15, 0.2) is 21.5 Å². The van der Waals surface area contributed by atoms with Crippen molar-refractivity contribution >= 4 is 31.9 Å². The first-order valence-corrected chi connectivity index (χ1v) is 8.87. The highest BCUT2D eigenvalue weighted by Crippen LogP contribution is 2.24. The van der Waals surface area contributed by atoms with Gasteiger partial charge in [-0.25, -0.2) is 17.9 Å². The number of nitrogens with two attached hydrogens (primary N) is 1. The fourth-order valence-electron chi connectivity index (χ4n) is 1.91. The van der Waals surface area contributed by atoms with E-state index >= 15 is 0 Å². The lowest BCUT2D eigenvalue weighted by molar-refractivity contribution is 0.0929. The molecule has 0 fully saturated rings. The van der Waals surface area contributed by atoms with E-state index in [2.05, 4.69) is 21.2 Å². The second-order valence-electron chi connectivity index (χ2n) is 4.67. The van der Waals surface area contributed by atoms with Crippen LogP contribution >= 0.6 is 15.9 Å². The van der Waals surface area contributed by atoms with Gasteiger partial charge in [-0.15, -0.1) is 0 Å². The van der Waals surface area contributed by atoms with Gasteiger partial charge in [0.2, 0.25) is 10.0 Å². The van der Waals surface area contributed by atoms with Crippen molar-refractivity contribution in [3.8, 4) is 0 Å². The molecule has 0 spiro atoms. The van der Waals surface area contributed by atoms with E-state index in [1.165, 1.54) is 0 Å². The van der Waals surface area contributed by atoms with E-state index in [1.807, 2.05) is 13.8 Å². The van der Waals surface area contributed by atoms with Crippen LogP contribution in [0.2, 0.25) is 0 Å². The Balaban J connectivity index is 3.15. The lowest BCUT2D eigenvalue weighted by Gasteiger charge is -2.16. The average molecular weight is 381 g/mol. The maximum Gasteiger partial charge on any atom is 0.254 e. The molecule has 0 aliphatic carbocycles. The molecule has 118 valence electrons. The topological polar surface area (TPSA) is 89.3 Å². The van der Waals surface area contributed by atoms with Gasteiger partial charge >= 0.3 is 0 Å². The fourth-order valence-corrected chi connectivity index (χ4v) is 3.52. The number of nitrogens with one attached hydrogen (secondary N) is 1. The standard InChI is InChI=1S/C13H18BrFN2O3S/c1-3-5-8(4-2)17-13(18)9-6-12(21(16,19)20)10(14)7-11(9)15/h6-8H,3-5H2,1-2H3,(H,17,18)(H2,16,19,20). The Kier molecular flexibility index (Phi) is 6.30. The highest BCUT2D eigenvalue weighted by molar-refractivity contribution is 9.10. The third-order valence-corrected chi connectivity index (χ3v) is 4.91. The van der Waals surface area contributed by atoms with Gasteiger partial charge in [0.1, 0.15) is 5.82 Å². The first-order valence-electron chi connectivity index (χ1n) is 6.53. The van der Waals surface area contributed by atoms with Crippen LogP contribution in [-0.4, -0.2) is 20.4 Å². The second kappa shape index (κ2) is 7.33. The van der Waals surface area contributed by atoms with E-state index in [1.54, 1.807) is 0 Å². The molecule has 1 aromatic rings. The maximum atomic E-state index is 13.9. The van der Waals surface area contributed by atoms with Crippen LogP contribution in [0.1, 0.15) is 43.5 Å². The number of carbonyl (C=O) groups excluding carboxylic acids is 1. The number of primary sulfonamides is 1. The first kappa shape index (κ1) is 18.1. The number of hydrogen-bond donors (Lipinski definition) is 2. The molecule has 8 heteroatoms. The van der Waals surface area contributed by atoms with Gasteiger partial charge in [0, 0.05) is 10.5 Å². The molecule has 0 aliphatic rings. The van der Waals surface area contributed by atoms with Crippen LogP contribution in [0.4, 0.5) is 4.39 Å². The van der Waals surface area contributed by atoms with Gasteiger partial charge in [-0.2, -0.15) is 0 Å². The van der Waals surface area contributed by atoms with Crippen molar-refractivity contribution in [2.75, 3.05) is 0 Å². The minimum atomic E-state index is -4.04. The van der Waals surface area contributed by atoms with Gasteiger partial charge in [-0.3, -0.25) is 4.79 Å². The molecule has 0 bridgehead atoms. The summed E-state index contributed by atoms with van der Waals surface area (Å²) in [6.07, 6.45) is 2.35. The first-order chi connectivity index (χ1) is 9.70. The van der Waals surface area contributed by atoms with Crippen molar-refractivity contribution in [1.29, 1.82) is 0 Å². The van der Waals surface area contributed by atoms with Crippen LogP contribution in [0.25, 0.3) is 0 Å². The molecule has 1 amide bonds. The van der Waals surface area contributed by atoms with Gasteiger partial charge in [-0.05, 0) is 40.9 Å². The highest BCUT2D eigenvalue weighted by atomic mass is 79.9. The van der Waals surface area contributed by atoms with E-state index in [9.17, 15) is 17.6 Å². The molecule has 0 saturated heterocycles. The molecule has 0 aromatic heterocycles. The normalized spacial score (nSPS) is 13.0. The molecule has 1 atom stereocenters. The molecule has 21 heavy (non-hydrogen) atoms. The molecule has 3 N–H and O–H groups in total. The van der Waals surface area contributed by atoms with Crippen LogP contribution in [0.3, 0.4) is 0 Å². The Morgan fingerprint density at radius 2 is 2.05 bits per heavy atom. The summed E-state index contributed by atoms with van der Waals surface area (Å²) in [6, 6.07) is 1.79. The fraction of sp³-hybridized carbons (Fsp3) is 0.462. The zero-order valence-corrected chi connectivity index (χ0v) is 14.2. The van der Waals surface area contributed by atoms with Crippen molar-refractivity contribution in [1.82, 2.24) is 5.32 Å². The van der Waals surface area contributed by atoms with Crippen molar-refractivity contribution in [3.63, 3.8) is 0 Å². The summed E-state index contributed by atoms with van der Waals surface area (Å²) in [4.78, 5) is 11.8. The predicted octanol–water partition coefficient (Wildman–Crippen LogP) is 2.54. The molecule has 0 saturated carbocycles. The van der Waals surface area contributed by atoms with E-state index in [-0.39, 0.29) is 21.0 Å². The summed E-state index contributed by atoms with van der Waals surface area (Å²) in [7, 11) is -4.04. The van der Waals surface area contributed by atoms with Crippen molar-refractivity contribution in [3.05, 3.63) is 28.0 Å². The summed E-state index contributed by atoms with van der Waals surface area (Å²) in [6.45, 7) is 3.89. The molecular formula is C13H18BrFN2O3S. The van der Waals surface area contributed by atoms with Gasteiger partial charge in [0.25, 0.3) is 5.91 Å². The summed E-state index contributed by atoms with van der Waals surface area (Å²) in [5, 5.41) is 7.73. The number of halogens is 2. The molecule has 5 nitrogen and oxygen atoms in total. The van der Waals surface area contributed by atoms with E-state index in [0.717, 1.165) is 25.0 Å². The smallest absolute Gasteiger partial charge is 0.254 e. The quantitative estimate of drug-likeness (QED) is 0.794. The average Bonchev–Trinajstić information content (AvgIpc) is 2.36. The highest BCUT2D eigenvalue weighted by Gasteiger charge is 2.21. The molecule has 1 rings (SSSR count). The maximum absolute atomic E-state index is 13.9. The molecule has 0 radical (unpaired) electrons. The van der Waals surface area contributed by atoms with Gasteiger partial charge in [-0.1, -0.05) is 20.3 Å². The van der Waals surface area contributed by atoms with E-state index in [4.69, 9.17) is 5.14 Å². The zero-order valence-electron chi connectivity index (χ0n) is 11.8. The lowest BCUT2D eigenvalue weighted by atomic mass is 10.1. The Bertz CT molecular complexity index is 635. The number of hydrogen-bond acceptors (Lipinski definition) is 3. The number of sulfonamides is 1. The number of rotatable bonds is 6. The third-order valence-electron chi connectivity index (χ3n) is 3.04. The summed E-state index contributed by atoms with van der Waals surface area (Å²) in [5.74, 6) is -1.46. The van der Waals surface area contributed by atoms with E-state index in [0.29, 0.717) is 6.42 Å². The predicted molar refractivity (Wildman–Crippen MR) is 81.9 cm³/mol. The molecule has 1 aromatic carbocycles. The largest absolute Gasteiger partial charge is 0.349 e. The molecule has 0 aliphatic heterocycles. The Hall–Kier alpha value is -0.990. The van der Waals surface area contributed by atoms with Crippen molar-refractivity contribution in [2.24, 2.45) is 5.14 Å². The van der Waals surface area contributed by atoms with Gasteiger partial charge < -0.3 is 5.32 Å². The summed E-state index contributed by atoms with van der Waals surface area (Å²) >= 11 is 2.92. The van der Waals surface area contributed by atoms with Crippen LogP contribution in [0.5, 0.6) is 0 Å². The van der Waals surface area contributed by atoms with Crippen molar-refractivity contribution in [2.45, 2.75) is 44.0 Å². The van der Waals surface area contributed by atoms with Gasteiger partial charge in [0.15, 0.2) is 0 Å². The van der Waals surface area contributed by atoms with Crippen LogP contribution in [-0.2, 0) is 10.0 Å². The zero-order chi connectivity index (χ0) is 16.2. The second-order valence-corrected chi connectivity index (χ2v) is 7.06. The lowest BCUT2D eigenvalue weighted by Crippen LogP contribution is -2.35. The minimum Gasteiger partial charge on any atom is -0.349 e. The number of carbonyl (C=O) groups is 1. The Morgan fingerprint density at radius 1 is 1.43 bits per heavy atom. The SMILES string of the molecule is CCCC(CC)NC(=O)c1cc(S(N)(=O)=O)c(Br)cc1F. The monoisotopic (exact) mass is 380 g/mol. The summed E-state index contributed by atoms with van der Waals surface area (Å²) in [5.41, 5.74) is -0.336. The molecule has 1 unspecified atom stereocenters. The van der Waals surface area contributed by atoms with Crippen LogP contribution < -0.4 is 10.5 Å². The number of amides is 1. The summed E-state index contributed by atoms with van der Waals surface area (Å²) < 4.78 is 36.7. The van der Waals surface area contributed by atoms with Gasteiger partial charge in [0.05, 0.1) is 10.5 Å². The Morgan fingerprint density at radius 3 is 2.52 bits per heavy atom. The van der Waals surface area contributed by atoms with E-state index < -0.39 is 21.7 Å². The third kappa shape index (κ3) is 4.76. The number of benzene rings is 1. The molecular weight excluding hydrogens is 363 g/mol. The Labute approximate surface area is 132 Å². The van der Waals surface area contributed by atoms with Crippen LogP contribution in [0, 0.1) is 5.82 Å². The molecule has 0 heterocycles. The van der Waals surface area contributed by atoms with Crippen molar-refractivity contribution < 1.29 is 17.6 Å².